The van der Waals surface area contributed by atoms with Crippen molar-refractivity contribution >= 4 is 40.2 Å². The van der Waals surface area contributed by atoms with E-state index in [-0.39, 0.29) is 10.7 Å². The summed E-state index contributed by atoms with van der Waals surface area (Å²) in [6, 6.07) is 1.14. The quantitative estimate of drug-likeness (QED) is 0.856. The molecule has 0 aliphatic rings. The predicted molar refractivity (Wildman–Crippen MR) is 58.3 cm³/mol. The number of carbonyl (C=O) groups is 1. The Hall–Kier alpha value is -0.500. The molecule has 0 saturated heterocycles. The summed E-state index contributed by atoms with van der Waals surface area (Å²) in [5.74, 6) is -1.16. The Balaban J connectivity index is 3.18. The predicted octanol–water partition coefficient (Wildman–Crippen LogP) is 2.90. The first kappa shape index (κ1) is 12.6. The molecule has 0 aliphatic carbocycles. The molecule has 0 saturated carbocycles. The van der Waals surface area contributed by atoms with Crippen LogP contribution in [0.1, 0.15) is 17.8 Å². The highest BCUT2D eigenvalue weighted by Crippen LogP contribution is 2.27. The van der Waals surface area contributed by atoms with Crippen molar-refractivity contribution in [1.29, 1.82) is 0 Å². The monoisotopic (exact) mass is 347 g/mol. The lowest BCUT2D eigenvalue weighted by Crippen LogP contribution is -2.06. The Morgan fingerprint density at radius 2 is 2.27 bits per heavy atom. The third kappa shape index (κ3) is 3.23. The van der Waals surface area contributed by atoms with E-state index in [1.54, 1.807) is 22.6 Å². The number of nitrogens with zero attached hydrogens (tertiary/aromatic N) is 1. The summed E-state index contributed by atoms with van der Waals surface area (Å²) >= 11 is 7.49. The number of aromatic nitrogens is 1. The molecule has 1 aromatic heterocycles. The molecule has 82 valence electrons. The molecule has 0 amide bonds. The van der Waals surface area contributed by atoms with Crippen LogP contribution in [-0.4, -0.2) is 16.1 Å². The molecule has 1 rings (SSSR count). The van der Waals surface area contributed by atoms with Crippen LogP contribution in [-0.2, 0) is 11.2 Å². The van der Waals surface area contributed by atoms with E-state index in [4.69, 9.17) is 16.7 Å². The second-order valence-electron chi connectivity index (χ2n) is 2.66. The van der Waals surface area contributed by atoms with Crippen molar-refractivity contribution in [3.05, 3.63) is 26.0 Å². The van der Waals surface area contributed by atoms with Crippen LogP contribution < -0.4 is 0 Å². The Morgan fingerprint density at radius 3 is 2.73 bits per heavy atom. The SMILES string of the molecule is O=C(O)Cc1nc(C(F)F)cc(I)c1Cl. The molecule has 7 heteroatoms. The minimum Gasteiger partial charge on any atom is -0.481 e. The molecular weight excluding hydrogens is 342 g/mol. The highest BCUT2D eigenvalue weighted by Gasteiger charge is 2.16. The van der Waals surface area contributed by atoms with E-state index in [1.165, 1.54) is 0 Å². The molecule has 1 N–H and O–H groups in total. The van der Waals surface area contributed by atoms with Crippen molar-refractivity contribution < 1.29 is 18.7 Å². The van der Waals surface area contributed by atoms with Gasteiger partial charge >= 0.3 is 5.97 Å². The van der Waals surface area contributed by atoms with Gasteiger partial charge in [0.1, 0.15) is 5.69 Å². The third-order valence-corrected chi connectivity index (χ3v) is 3.14. The van der Waals surface area contributed by atoms with Gasteiger partial charge in [0.15, 0.2) is 0 Å². The van der Waals surface area contributed by atoms with Crippen LogP contribution in [0.5, 0.6) is 0 Å². The Bertz CT molecular complexity index is 400. The van der Waals surface area contributed by atoms with Crippen LogP contribution in [0.2, 0.25) is 5.02 Å². The van der Waals surface area contributed by atoms with Crippen molar-refractivity contribution in [2.24, 2.45) is 0 Å². The normalized spacial score (nSPS) is 10.7. The molecule has 1 heterocycles. The standard InChI is InChI=1S/C8H5ClF2INO2/c9-7-3(12)1-5(8(10)11)13-4(7)2-6(14)15/h1,8H,2H2,(H,14,15). The Morgan fingerprint density at radius 1 is 1.67 bits per heavy atom. The van der Waals surface area contributed by atoms with E-state index in [1.807, 2.05) is 0 Å². The zero-order valence-electron chi connectivity index (χ0n) is 7.18. The highest BCUT2D eigenvalue weighted by atomic mass is 127. The van der Waals surface area contributed by atoms with Crippen LogP contribution in [0.25, 0.3) is 0 Å². The van der Waals surface area contributed by atoms with E-state index in [0.29, 0.717) is 3.57 Å². The summed E-state index contributed by atoms with van der Waals surface area (Å²) in [4.78, 5) is 13.9. The maximum Gasteiger partial charge on any atom is 0.309 e. The van der Waals surface area contributed by atoms with Crippen LogP contribution >= 0.6 is 34.2 Å². The molecule has 0 atom stereocenters. The molecule has 3 nitrogen and oxygen atoms in total. The number of carboxylic acid groups (broad SMARTS) is 1. The average molecular weight is 347 g/mol. The van der Waals surface area contributed by atoms with E-state index in [0.717, 1.165) is 6.07 Å². The number of hydrogen-bond donors (Lipinski definition) is 1. The van der Waals surface area contributed by atoms with Gasteiger partial charge in [-0.25, -0.2) is 13.8 Å². The summed E-state index contributed by atoms with van der Waals surface area (Å²) in [6.45, 7) is 0. The molecule has 0 spiro atoms. The summed E-state index contributed by atoms with van der Waals surface area (Å²) in [5.41, 5.74) is -0.494. The van der Waals surface area contributed by atoms with Gasteiger partial charge in [0.2, 0.25) is 0 Å². The van der Waals surface area contributed by atoms with E-state index in [9.17, 15) is 13.6 Å². The first-order valence-electron chi connectivity index (χ1n) is 3.76. The zero-order valence-corrected chi connectivity index (χ0v) is 10.1. The molecule has 0 aromatic carbocycles. The maximum atomic E-state index is 12.3. The van der Waals surface area contributed by atoms with Gasteiger partial charge in [-0.3, -0.25) is 4.79 Å². The lowest BCUT2D eigenvalue weighted by molar-refractivity contribution is -0.136. The van der Waals surface area contributed by atoms with Gasteiger partial charge in [0.25, 0.3) is 6.43 Å². The van der Waals surface area contributed by atoms with E-state index in [2.05, 4.69) is 4.98 Å². The third-order valence-electron chi connectivity index (χ3n) is 1.54. The van der Waals surface area contributed by atoms with Crippen molar-refractivity contribution in [2.75, 3.05) is 0 Å². The fraction of sp³-hybridized carbons (Fsp3) is 0.250. The van der Waals surface area contributed by atoms with Crippen molar-refractivity contribution in [1.82, 2.24) is 4.98 Å². The fourth-order valence-corrected chi connectivity index (χ4v) is 1.73. The van der Waals surface area contributed by atoms with Crippen molar-refractivity contribution in [3.63, 3.8) is 0 Å². The summed E-state index contributed by atoms with van der Waals surface area (Å²) in [7, 11) is 0. The molecule has 0 bridgehead atoms. The Labute approximate surface area is 103 Å². The number of rotatable bonds is 3. The first-order chi connectivity index (χ1) is 6.91. The summed E-state index contributed by atoms with van der Waals surface area (Å²) in [6.07, 6.45) is -3.20. The number of hydrogen-bond acceptors (Lipinski definition) is 2. The van der Waals surface area contributed by atoms with Crippen LogP contribution in [0.3, 0.4) is 0 Å². The fourth-order valence-electron chi connectivity index (χ4n) is 0.940. The molecular formula is C8H5ClF2INO2. The number of alkyl halides is 2. The molecule has 1 aromatic rings. The second-order valence-corrected chi connectivity index (χ2v) is 4.20. The van der Waals surface area contributed by atoms with Gasteiger partial charge in [-0.2, -0.15) is 0 Å². The van der Waals surface area contributed by atoms with Gasteiger partial charge in [-0.15, -0.1) is 0 Å². The lowest BCUT2D eigenvalue weighted by Gasteiger charge is -2.06. The number of pyridine rings is 1. The maximum absolute atomic E-state index is 12.3. The Kier molecular flexibility index (Phi) is 4.21. The van der Waals surface area contributed by atoms with Gasteiger partial charge in [-0.1, -0.05) is 11.6 Å². The zero-order chi connectivity index (χ0) is 11.6. The summed E-state index contributed by atoms with van der Waals surface area (Å²) < 4.78 is 25.1. The van der Waals surface area contributed by atoms with Crippen LogP contribution in [0.4, 0.5) is 8.78 Å². The first-order valence-corrected chi connectivity index (χ1v) is 5.22. The van der Waals surface area contributed by atoms with Gasteiger partial charge in [0.05, 0.1) is 17.1 Å². The highest BCUT2D eigenvalue weighted by molar-refractivity contribution is 14.1. The molecule has 15 heavy (non-hydrogen) atoms. The molecule has 0 aliphatic heterocycles. The van der Waals surface area contributed by atoms with E-state index >= 15 is 0 Å². The van der Waals surface area contributed by atoms with Gasteiger partial charge in [-0.05, 0) is 28.7 Å². The average Bonchev–Trinajstić information content (AvgIpc) is 2.11. The van der Waals surface area contributed by atoms with Gasteiger partial charge in [0, 0.05) is 3.57 Å². The largest absolute Gasteiger partial charge is 0.481 e. The number of carboxylic acids is 1. The molecule has 0 radical (unpaired) electrons. The number of aliphatic carboxylic acids is 1. The van der Waals surface area contributed by atoms with Crippen molar-refractivity contribution in [3.8, 4) is 0 Å². The van der Waals surface area contributed by atoms with Crippen LogP contribution in [0, 0.1) is 3.57 Å². The minimum absolute atomic E-state index is 0.0358. The second kappa shape index (κ2) is 5.02. The lowest BCUT2D eigenvalue weighted by atomic mass is 10.2. The smallest absolute Gasteiger partial charge is 0.309 e. The summed E-state index contributed by atoms with van der Waals surface area (Å²) in [5, 5.41) is 8.64. The van der Waals surface area contributed by atoms with Crippen LogP contribution in [0.15, 0.2) is 6.07 Å². The topological polar surface area (TPSA) is 50.2 Å². The van der Waals surface area contributed by atoms with Gasteiger partial charge < -0.3 is 5.11 Å². The van der Waals surface area contributed by atoms with E-state index < -0.39 is 24.5 Å². The number of halogens is 4. The minimum atomic E-state index is -2.73. The molecule has 0 unspecified atom stereocenters. The molecule has 0 fully saturated rings. The van der Waals surface area contributed by atoms with Crippen molar-refractivity contribution in [2.45, 2.75) is 12.8 Å².